The normalized spacial score (nSPS) is 11.0. The molecule has 2 aromatic rings. The second-order valence-corrected chi connectivity index (χ2v) is 4.78. The molecule has 0 spiro atoms. The minimum atomic E-state index is -0.909. The van der Waals surface area contributed by atoms with Gasteiger partial charge in [0, 0.05) is 20.2 Å². The maximum absolute atomic E-state index is 10.8. The van der Waals surface area contributed by atoms with Crippen molar-refractivity contribution in [3.05, 3.63) is 59.5 Å². The summed E-state index contributed by atoms with van der Waals surface area (Å²) in [6.07, 6.45) is 1.66. The third kappa shape index (κ3) is 4.73. The van der Waals surface area contributed by atoms with E-state index in [4.69, 9.17) is 14.3 Å². The van der Waals surface area contributed by atoms with E-state index >= 15 is 0 Å². The molecule has 0 unspecified atom stereocenters. The number of aromatic carboxylic acids is 1. The second-order valence-electron chi connectivity index (χ2n) is 4.78. The van der Waals surface area contributed by atoms with Crippen molar-refractivity contribution in [3.63, 3.8) is 0 Å². The highest BCUT2D eigenvalue weighted by Gasteiger charge is 2.09. The minimum absolute atomic E-state index is 0.299. The lowest BCUT2D eigenvalue weighted by atomic mass is 10.1. The first-order valence-electron chi connectivity index (χ1n) is 6.75. The van der Waals surface area contributed by atoms with E-state index in [0.717, 1.165) is 17.9 Å². The number of rotatable bonds is 8. The van der Waals surface area contributed by atoms with Crippen LogP contribution in [0.15, 0.2) is 47.1 Å². The predicted molar refractivity (Wildman–Crippen MR) is 78.1 cm³/mol. The summed E-state index contributed by atoms with van der Waals surface area (Å²) in [5.41, 5.74) is 1.36. The van der Waals surface area contributed by atoms with Crippen molar-refractivity contribution in [2.24, 2.45) is 0 Å². The van der Waals surface area contributed by atoms with E-state index in [9.17, 15) is 4.79 Å². The first-order chi connectivity index (χ1) is 10.2. The lowest BCUT2D eigenvalue weighted by molar-refractivity contribution is 0.0697. The van der Waals surface area contributed by atoms with Gasteiger partial charge in [0.1, 0.15) is 5.76 Å². The van der Waals surface area contributed by atoms with Gasteiger partial charge in [-0.25, -0.2) is 4.79 Å². The smallest absolute Gasteiger partial charge is 0.335 e. The van der Waals surface area contributed by atoms with Crippen LogP contribution >= 0.6 is 0 Å². The molecule has 0 amide bonds. The van der Waals surface area contributed by atoms with Gasteiger partial charge >= 0.3 is 5.97 Å². The molecular weight excluding hydrogens is 270 g/mol. The van der Waals surface area contributed by atoms with Crippen LogP contribution in [0, 0.1) is 0 Å². The molecule has 1 heterocycles. The van der Waals surface area contributed by atoms with Gasteiger partial charge in [0.05, 0.1) is 25.0 Å². The van der Waals surface area contributed by atoms with Crippen LogP contribution in [0.1, 0.15) is 21.7 Å². The molecule has 0 saturated heterocycles. The molecule has 0 aliphatic rings. The number of ether oxygens (including phenoxy) is 1. The van der Waals surface area contributed by atoms with E-state index in [1.165, 1.54) is 0 Å². The summed E-state index contributed by atoms with van der Waals surface area (Å²) in [5.74, 6) is -0.0124. The summed E-state index contributed by atoms with van der Waals surface area (Å²) >= 11 is 0. The van der Waals surface area contributed by atoms with Crippen molar-refractivity contribution in [3.8, 4) is 0 Å². The molecule has 1 N–H and O–H groups in total. The predicted octanol–water partition coefficient (Wildman–Crippen LogP) is 2.63. The van der Waals surface area contributed by atoms with E-state index in [0.29, 0.717) is 25.3 Å². The molecule has 5 nitrogen and oxygen atoms in total. The Hall–Kier alpha value is -2.11. The average molecular weight is 289 g/mol. The average Bonchev–Trinajstić information content (AvgIpc) is 2.98. The largest absolute Gasteiger partial charge is 0.478 e. The molecule has 0 fully saturated rings. The monoisotopic (exact) mass is 289 g/mol. The van der Waals surface area contributed by atoms with Gasteiger partial charge in [0.25, 0.3) is 0 Å². The molecular formula is C16H19NO4. The first-order valence-corrected chi connectivity index (χ1v) is 6.75. The van der Waals surface area contributed by atoms with Crippen molar-refractivity contribution < 1.29 is 19.1 Å². The fourth-order valence-electron chi connectivity index (χ4n) is 2.07. The lowest BCUT2D eigenvalue weighted by Crippen LogP contribution is -2.26. The summed E-state index contributed by atoms with van der Waals surface area (Å²) < 4.78 is 10.5. The zero-order valence-electron chi connectivity index (χ0n) is 12.0. The highest BCUT2D eigenvalue weighted by atomic mass is 16.5. The van der Waals surface area contributed by atoms with Crippen molar-refractivity contribution in [2.75, 3.05) is 20.3 Å². The SMILES string of the molecule is COCCN(Cc1ccc(C(=O)O)cc1)Cc1ccco1. The van der Waals surface area contributed by atoms with E-state index in [-0.39, 0.29) is 0 Å². The fourth-order valence-corrected chi connectivity index (χ4v) is 2.07. The van der Waals surface area contributed by atoms with Crippen LogP contribution in [0.25, 0.3) is 0 Å². The van der Waals surface area contributed by atoms with Crippen molar-refractivity contribution >= 4 is 5.97 Å². The minimum Gasteiger partial charge on any atom is -0.478 e. The van der Waals surface area contributed by atoms with Crippen LogP contribution < -0.4 is 0 Å². The summed E-state index contributed by atoms with van der Waals surface area (Å²) in [4.78, 5) is 13.0. The highest BCUT2D eigenvalue weighted by Crippen LogP contribution is 2.11. The van der Waals surface area contributed by atoms with Crippen molar-refractivity contribution in [1.82, 2.24) is 4.90 Å². The zero-order chi connectivity index (χ0) is 15.1. The second kappa shape index (κ2) is 7.61. The van der Waals surface area contributed by atoms with Gasteiger partial charge in [-0.3, -0.25) is 4.90 Å². The van der Waals surface area contributed by atoms with Gasteiger partial charge in [-0.15, -0.1) is 0 Å². The topological polar surface area (TPSA) is 62.9 Å². The molecule has 0 radical (unpaired) electrons. The van der Waals surface area contributed by atoms with E-state index in [1.54, 1.807) is 25.5 Å². The highest BCUT2D eigenvalue weighted by molar-refractivity contribution is 5.87. The van der Waals surface area contributed by atoms with Crippen LogP contribution in [-0.4, -0.2) is 36.2 Å². The molecule has 1 aromatic carbocycles. The van der Waals surface area contributed by atoms with Gasteiger partial charge in [-0.05, 0) is 29.8 Å². The van der Waals surface area contributed by atoms with E-state index in [1.807, 2.05) is 24.3 Å². The Labute approximate surface area is 123 Å². The van der Waals surface area contributed by atoms with Crippen LogP contribution in [0.2, 0.25) is 0 Å². The fraction of sp³-hybridized carbons (Fsp3) is 0.312. The van der Waals surface area contributed by atoms with Gasteiger partial charge in [0.2, 0.25) is 0 Å². The molecule has 0 saturated carbocycles. The number of carboxylic acids is 1. The Bertz CT molecular complexity index is 548. The maximum Gasteiger partial charge on any atom is 0.335 e. The third-order valence-corrected chi connectivity index (χ3v) is 3.18. The molecule has 0 aliphatic carbocycles. The number of hydrogen-bond acceptors (Lipinski definition) is 4. The maximum atomic E-state index is 10.8. The van der Waals surface area contributed by atoms with Gasteiger partial charge < -0.3 is 14.3 Å². The molecule has 0 atom stereocenters. The number of benzene rings is 1. The number of carbonyl (C=O) groups is 1. The molecule has 112 valence electrons. The van der Waals surface area contributed by atoms with Crippen LogP contribution in [-0.2, 0) is 17.8 Å². The number of carboxylic acid groups (broad SMARTS) is 1. The van der Waals surface area contributed by atoms with E-state index < -0.39 is 5.97 Å². The van der Waals surface area contributed by atoms with Crippen LogP contribution in [0.4, 0.5) is 0 Å². The Balaban J connectivity index is 2.01. The summed E-state index contributed by atoms with van der Waals surface area (Å²) in [7, 11) is 1.67. The standard InChI is InChI=1S/C16H19NO4/c1-20-10-8-17(12-15-3-2-9-21-15)11-13-4-6-14(7-5-13)16(18)19/h2-7,9H,8,10-12H2,1H3,(H,18,19). The third-order valence-electron chi connectivity index (χ3n) is 3.18. The van der Waals surface area contributed by atoms with Crippen molar-refractivity contribution in [1.29, 1.82) is 0 Å². The van der Waals surface area contributed by atoms with Crippen molar-refractivity contribution in [2.45, 2.75) is 13.1 Å². The molecule has 5 heteroatoms. The molecule has 1 aromatic heterocycles. The first kappa shape index (κ1) is 15.3. The van der Waals surface area contributed by atoms with Crippen LogP contribution in [0.3, 0.4) is 0 Å². The number of hydrogen-bond donors (Lipinski definition) is 1. The summed E-state index contributed by atoms with van der Waals surface area (Å²) in [6, 6.07) is 10.7. The lowest BCUT2D eigenvalue weighted by Gasteiger charge is -2.21. The summed E-state index contributed by atoms with van der Waals surface area (Å²) in [5, 5.41) is 8.91. The Morgan fingerprint density at radius 2 is 2.00 bits per heavy atom. The van der Waals surface area contributed by atoms with E-state index in [2.05, 4.69) is 4.90 Å². The number of furan rings is 1. The zero-order valence-corrected chi connectivity index (χ0v) is 12.0. The Morgan fingerprint density at radius 1 is 1.24 bits per heavy atom. The molecule has 2 rings (SSSR count). The molecule has 21 heavy (non-hydrogen) atoms. The Morgan fingerprint density at radius 3 is 2.57 bits per heavy atom. The number of nitrogens with zero attached hydrogens (tertiary/aromatic N) is 1. The quantitative estimate of drug-likeness (QED) is 0.809. The molecule has 0 bridgehead atoms. The van der Waals surface area contributed by atoms with Gasteiger partial charge in [-0.2, -0.15) is 0 Å². The van der Waals surface area contributed by atoms with Gasteiger partial charge in [0.15, 0.2) is 0 Å². The molecule has 0 aliphatic heterocycles. The number of methoxy groups -OCH3 is 1. The Kier molecular flexibility index (Phi) is 5.54. The van der Waals surface area contributed by atoms with Crippen LogP contribution in [0.5, 0.6) is 0 Å². The van der Waals surface area contributed by atoms with Gasteiger partial charge in [-0.1, -0.05) is 12.1 Å². The summed E-state index contributed by atoms with van der Waals surface area (Å²) in [6.45, 7) is 2.81.